The Bertz CT molecular complexity index is 501. The topological polar surface area (TPSA) is 60.0 Å². The Morgan fingerprint density at radius 2 is 1.94 bits per heavy atom. The number of rotatable bonds is 2. The van der Waals surface area contributed by atoms with Gasteiger partial charge in [-0.1, -0.05) is 18.2 Å². The van der Waals surface area contributed by atoms with Gasteiger partial charge in [0.15, 0.2) is 0 Å². The summed E-state index contributed by atoms with van der Waals surface area (Å²) >= 11 is 0. The Labute approximate surface area is 94.5 Å². The number of anilines is 2. The van der Waals surface area contributed by atoms with E-state index in [9.17, 15) is 0 Å². The van der Waals surface area contributed by atoms with Crippen LogP contribution in [0.25, 0.3) is 5.69 Å². The molecular weight excluding hydrogens is 202 g/mol. The van der Waals surface area contributed by atoms with Crippen LogP contribution in [0.4, 0.5) is 11.9 Å². The minimum Gasteiger partial charge on any atom is -0.368 e. The fourth-order valence-corrected chi connectivity index (χ4v) is 1.48. The number of hydrogen-bond donors (Lipinski definition) is 1. The molecule has 0 aliphatic heterocycles. The van der Waals surface area contributed by atoms with Crippen LogP contribution < -0.4 is 10.6 Å². The Balaban J connectivity index is 2.52. The quantitative estimate of drug-likeness (QED) is 0.821. The Morgan fingerprint density at radius 3 is 2.50 bits per heavy atom. The Kier molecular flexibility index (Phi) is 2.52. The van der Waals surface area contributed by atoms with E-state index in [2.05, 4.69) is 10.1 Å². The molecule has 0 radical (unpaired) electrons. The highest BCUT2D eigenvalue weighted by Gasteiger charge is 2.11. The van der Waals surface area contributed by atoms with E-state index in [0.717, 1.165) is 11.3 Å². The molecule has 1 aromatic heterocycles. The standard InChI is InChI=1S/C11H15N5/c1-8-6-4-5-7-9(8)16-10(12)13-11(14-16)15(2)3/h4-7H,1-3H3,(H2,12,13,14). The summed E-state index contributed by atoms with van der Waals surface area (Å²) in [6.07, 6.45) is 0. The highest BCUT2D eigenvalue weighted by molar-refractivity contribution is 5.46. The van der Waals surface area contributed by atoms with Crippen molar-refractivity contribution >= 4 is 11.9 Å². The maximum absolute atomic E-state index is 5.84. The summed E-state index contributed by atoms with van der Waals surface area (Å²) in [4.78, 5) is 6.01. The number of nitrogens with zero attached hydrogens (tertiary/aromatic N) is 4. The maximum atomic E-state index is 5.84. The monoisotopic (exact) mass is 217 g/mol. The second-order valence-corrected chi connectivity index (χ2v) is 3.86. The van der Waals surface area contributed by atoms with Gasteiger partial charge in [-0.25, -0.2) is 0 Å². The normalized spacial score (nSPS) is 10.4. The number of para-hydroxylation sites is 1. The molecule has 1 aromatic carbocycles. The van der Waals surface area contributed by atoms with Gasteiger partial charge in [-0.05, 0) is 18.6 Å². The largest absolute Gasteiger partial charge is 0.368 e. The highest BCUT2D eigenvalue weighted by Crippen LogP contribution is 2.17. The minimum absolute atomic E-state index is 0.401. The lowest BCUT2D eigenvalue weighted by Gasteiger charge is -2.06. The number of aromatic nitrogens is 3. The average molecular weight is 217 g/mol. The van der Waals surface area contributed by atoms with Gasteiger partial charge in [-0.3, -0.25) is 0 Å². The molecule has 2 rings (SSSR count). The van der Waals surface area contributed by atoms with Gasteiger partial charge in [0.25, 0.3) is 0 Å². The molecule has 0 aliphatic rings. The molecule has 5 heteroatoms. The van der Waals surface area contributed by atoms with Gasteiger partial charge in [0, 0.05) is 14.1 Å². The Morgan fingerprint density at radius 1 is 1.25 bits per heavy atom. The van der Waals surface area contributed by atoms with Crippen LogP contribution in [-0.2, 0) is 0 Å². The van der Waals surface area contributed by atoms with Crippen molar-refractivity contribution in [3.63, 3.8) is 0 Å². The number of aryl methyl sites for hydroxylation is 1. The molecule has 0 saturated heterocycles. The molecule has 0 unspecified atom stereocenters. The first-order chi connectivity index (χ1) is 7.59. The summed E-state index contributed by atoms with van der Waals surface area (Å²) in [7, 11) is 3.77. The van der Waals surface area contributed by atoms with Crippen molar-refractivity contribution in [1.82, 2.24) is 14.8 Å². The molecule has 16 heavy (non-hydrogen) atoms. The summed E-state index contributed by atoms with van der Waals surface area (Å²) in [5.41, 5.74) is 7.92. The van der Waals surface area contributed by atoms with Gasteiger partial charge in [0.2, 0.25) is 11.9 Å². The second kappa shape index (κ2) is 3.84. The first-order valence-electron chi connectivity index (χ1n) is 5.05. The zero-order chi connectivity index (χ0) is 11.7. The van der Waals surface area contributed by atoms with E-state index in [1.165, 1.54) is 0 Å². The number of benzene rings is 1. The van der Waals surface area contributed by atoms with E-state index < -0.39 is 0 Å². The summed E-state index contributed by atoms with van der Waals surface area (Å²) < 4.78 is 1.66. The van der Waals surface area contributed by atoms with E-state index in [4.69, 9.17) is 5.73 Å². The molecule has 0 saturated carbocycles. The predicted octanol–water partition coefficient (Wildman–Crippen LogP) is 1.22. The van der Waals surface area contributed by atoms with E-state index in [0.29, 0.717) is 11.9 Å². The van der Waals surface area contributed by atoms with E-state index in [-0.39, 0.29) is 0 Å². The molecule has 1 heterocycles. The molecule has 5 nitrogen and oxygen atoms in total. The summed E-state index contributed by atoms with van der Waals surface area (Å²) in [5.74, 6) is 1.01. The first-order valence-corrected chi connectivity index (χ1v) is 5.05. The Hall–Kier alpha value is -2.04. The lowest BCUT2D eigenvalue weighted by Crippen LogP contribution is -2.11. The molecular formula is C11H15N5. The van der Waals surface area contributed by atoms with Gasteiger partial charge >= 0.3 is 0 Å². The highest BCUT2D eigenvalue weighted by atomic mass is 15.4. The molecule has 0 bridgehead atoms. The SMILES string of the molecule is Cc1ccccc1-n1nc(N(C)C)nc1N. The van der Waals surface area contributed by atoms with Crippen LogP contribution in [-0.4, -0.2) is 28.9 Å². The van der Waals surface area contributed by atoms with Crippen LogP contribution in [0.3, 0.4) is 0 Å². The molecule has 0 spiro atoms. The summed E-state index contributed by atoms with van der Waals surface area (Å²) in [6.45, 7) is 2.02. The summed E-state index contributed by atoms with van der Waals surface area (Å²) in [5, 5.41) is 4.35. The third kappa shape index (κ3) is 1.71. The van der Waals surface area contributed by atoms with Crippen LogP contribution in [0.5, 0.6) is 0 Å². The molecule has 84 valence electrons. The third-order valence-corrected chi connectivity index (χ3v) is 2.36. The maximum Gasteiger partial charge on any atom is 0.246 e. The van der Waals surface area contributed by atoms with Crippen molar-refractivity contribution in [2.45, 2.75) is 6.92 Å². The molecule has 0 aliphatic carbocycles. The molecule has 2 N–H and O–H groups in total. The molecule has 0 fully saturated rings. The van der Waals surface area contributed by atoms with E-state index in [1.807, 2.05) is 50.2 Å². The zero-order valence-electron chi connectivity index (χ0n) is 9.68. The van der Waals surface area contributed by atoms with Gasteiger partial charge in [0.05, 0.1) is 5.69 Å². The van der Waals surface area contributed by atoms with Gasteiger partial charge < -0.3 is 10.6 Å². The molecule has 0 atom stereocenters. The smallest absolute Gasteiger partial charge is 0.246 e. The van der Waals surface area contributed by atoms with Crippen molar-refractivity contribution in [2.75, 3.05) is 24.7 Å². The summed E-state index contributed by atoms with van der Waals surface area (Å²) in [6, 6.07) is 7.93. The lowest BCUT2D eigenvalue weighted by molar-refractivity contribution is 0.868. The predicted molar refractivity (Wildman–Crippen MR) is 64.8 cm³/mol. The van der Waals surface area contributed by atoms with Crippen LogP contribution >= 0.6 is 0 Å². The van der Waals surface area contributed by atoms with Crippen molar-refractivity contribution in [2.24, 2.45) is 0 Å². The lowest BCUT2D eigenvalue weighted by atomic mass is 10.2. The number of nitrogen functional groups attached to an aromatic ring is 1. The minimum atomic E-state index is 0.401. The van der Waals surface area contributed by atoms with Crippen LogP contribution in [0.15, 0.2) is 24.3 Å². The molecule has 0 amide bonds. The first kappa shape index (κ1) is 10.5. The van der Waals surface area contributed by atoms with E-state index in [1.54, 1.807) is 4.68 Å². The fourth-order valence-electron chi connectivity index (χ4n) is 1.48. The van der Waals surface area contributed by atoms with Crippen molar-refractivity contribution in [3.05, 3.63) is 29.8 Å². The van der Waals surface area contributed by atoms with Crippen molar-refractivity contribution in [3.8, 4) is 5.69 Å². The zero-order valence-corrected chi connectivity index (χ0v) is 9.68. The van der Waals surface area contributed by atoms with Gasteiger partial charge in [-0.2, -0.15) is 9.67 Å². The van der Waals surface area contributed by atoms with Gasteiger partial charge in [-0.15, -0.1) is 5.10 Å². The van der Waals surface area contributed by atoms with Crippen LogP contribution in [0.1, 0.15) is 5.56 Å². The molecule has 2 aromatic rings. The average Bonchev–Trinajstić information content (AvgIpc) is 2.61. The van der Waals surface area contributed by atoms with Crippen molar-refractivity contribution in [1.29, 1.82) is 0 Å². The third-order valence-electron chi connectivity index (χ3n) is 2.36. The van der Waals surface area contributed by atoms with E-state index >= 15 is 0 Å². The number of nitrogens with two attached hydrogens (primary N) is 1. The number of hydrogen-bond acceptors (Lipinski definition) is 4. The fraction of sp³-hybridized carbons (Fsp3) is 0.273. The second-order valence-electron chi connectivity index (χ2n) is 3.86. The van der Waals surface area contributed by atoms with Gasteiger partial charge in [0.1, 0.15) is 0 Å². The van der Waals surface area contributed by atoms with Crippen LogP contribution in [0, 0.1) is 6.92 Å². The van der Waals surface area contributed by atoms with Crippen LogP contribution in [0.2, 0.25) is 0 Å². The van der Waals surface area contributed by atoms with Crippen molar-refractivity contribution < 1.29 is 0 Å².